The van der Waals surface area contributed by atoms with Gasteiger partial charge in [0.25, 0.3) is 5.91 Å². The van der Waals surface area contributed by atoms with Crippen LogP contribution in [-0.2, 0) is 17.6 Å². The summed E-state index contributed by atoms with van der Waals surface area (Å²) >= 11 is 1.39. The highest BCUT2D eigenvalue weighted by molar-refractivity contribution is 7.17. The molecule has 0 saturated carbocycles. The molecule has 33 heavy (non-hydrogen) atoms. The van der Waals surface area contributed by atoms with Crippen molar-refractivity contribution in [1.82, 2.24) is 0 Å². The molecule has 172 valence electrons. The van der Waals surface area contributed by atoms with E-state index in [-0.39, 0.29) is 17.9 Å². The lowest BCUT2D eigenvalue weighted by Crippen LogP contribution is -2.17. The lowest BCUT2D eigenvalue weighted by atomic mass is 9.83. The summed E-state index contributed by atoms with van der Waals surface area (Å²) in [6.07, 6.45) is 2.40. The smallest absolute Gasteiger partial charge is 0.387 e. The fraction of sp³-hybridized carbons (Fsp3) is 0.280. The van der Waals surface area contributed by atoms with Gasteiger partial charge in [-0.1, -0.05) is 30.3 Å². The summed E-state index contributed by atoms with van der Waals surface area (Å²) in [6, 6.07) is 15.7. The first-order valence-corrected chi connectivity index (χ1v) is 11.5. The zero-order valence-corrected chi connectivity index (χ0v) is 18.8. The van der Waals surface area contributed by atoms with E-state index in [0.29, 0.717) is 16.5 Å². The van der Waals surface area contributed by atoms with Crippen LogP contribution in [0, 0.1) is 0 Å². The average Bonchev–Trinajstić information content (AvgIpc) is 3.17. The van der Waals surface area contributed by atoms with Crippen LogP contribution in [0.25, 0.3) is 0 Å². The number of benzene rings is 2. The van der Waals surface area contributed by atoms with Gasteiger partial charge in [-0.15, -0.1) is 11.3 Å². The predicted octanol–water partition coefficient (Wildman–Crippen LogP) is 6.05. The van der Waals surface area contributed by atoms with Gasteiger partial charge in [0.1, 0.15) is 10.8 Å². The summed E-state index contributed by atoms with van der Waals surface area (Å²) in [5.74, 6) is -0.586. The minimum atomic E-state index is -2.94. The Morgan fingerprint density at radius 1 is 1.12 bits per heavy atom. The van der Waals surface area contributed by atoms with Gasteiger partial charge in [-0.3, -0.25) is 4.79 Å². The van der Waals surface area contributed by atoms with Gasteiger partial charge in [-0.25, -0.2) is 4.79 Å². The Morgan fingerprint density at radius 2 is 1.85 bits per heavy atom. The van der Waals surface area contributed by atoms with E-state index < -0.39 is 18.5 Å². The molecule has 5 nitrogen and oxygen atoms in total. The number of rotatable bonds is 7. The van der Waals surface area contributed by atoms with Crippen molar-refractivity contribution in [2.75, 3.05) is 11.9 Å². The number of alkyl halides is 2. The summed E-state index contributed by atoms with van der Waals surface area (Å²) in [7, 11) is 0. The van der Waals surface area contributed by atoms with E-state index in [1.54, 1.807) is 6.92 Å². The number of carbonyl (C=O) groups excluding carboxylic acids is 2. The second-order valence-corrected chi connectivity index (χ2v) is 8.74. The van der Waals surface area contributed by atoms with Crippen molar-refractivity contribution in [3.05, 3.63) is 81.7 Å². The van der Waals surface area contributed by atoms with Crippen LogP contribution in [0.15, 0.2) is 54.6 Å². The van der Waals surface area contributed by atoms with Crippen molar-refractivity contribution >= 4 is 28.2 Å². The van der Waals surface area contributed by atoms with Gasteiger partial charge < -0.3 is 14.8 Å². The van der Waals surface area contributed by atoms with Crippen LogP contribution in [-0.4, -0.2) is 25.1 Å². The van der Waals surface area contributed by atoms with Crippen LogP contribution in [0.4, 0.5) is 13.8 Å². The number of ether oxygens (including phenoxy) is 2. The normalized spacial score (nSPS) is 15.1. The zero-order valence-electron chi connectivity index (χ0n) is 18.0. The number of hydrogen-bond acceptors (Lipinski definition) is 5. The molecule has 0 fully saturated rings. The number of nitrogens with one attached hydrogen (secondary N) is 1. The molecule has 0 radical (unpaired) electrons. The van der Waals surface area contributed by atoms with Crippen LogP contribution in [0.5, 0.6) is 5.75 Å². The molecule has 2 aromatic carbocycles. The van der Waals surface area contributed by atoms with Crippen molar-refractivity contribution in [2.45, 2.75) is 38.7 Å². The minimum absolute atomic E-state index is 0.0349. The Hall–Kier alpha value is -3.26. The maximum Gasteiger partial charge on any atom is 0.387 e. The molecule has 1 aliphatic rings. The zero-order chi connectivity index (χ0) is 23.4. The number of halogens is 2. The summed E-state index contributed by atoms with van der Waals surface area (Å²) in [5, 5.41) is 3.28. The molecule has 0 unspecified atom stereocenters. The van der Waals surface area contributed by atoms with Crippen molar-refractivity contribution in [1.29, 1.82) is 0 Å². The second kappa shape index (κ2) is 10.1. The molecule has 8 heteroatoms. The Balaban J connectivity index is 1.59. The lowest BCUT2D eigenvalue weighted by molar-refractivity contribution is -0.0498. The molecule has 1 heterocycles. The second-order valence-electron chi connectivity index (χ2n) is 7.64. The molecule has 1 amide bonds. The van der Waals surface area contributed by atoms with Gasteiger partial charge in [-0.2, -0.15) is 8.78 Å². The number of esters is 1. The van der Waals surface area contributed by atoms with E-state index in [2.05, 4.69) is 22.2 Å². The van der Waals surface area contributed by atoms with Crippen molar-refractivity contribution < 1.29 is 27.8 Å². The first-order chi connectivity index (χ1) is 16.0. The lowest BCUT2D eigenvalue weighted by Gasteiger charge is -2.23. The van der Waals surface area contributed by atoms with Gasteiger partial charge in [-0.05, 0) is 67.5 Å². The van der Waals surface area contributed by atoms with Crippen LogP contribution in [0.2, 0.25) is 0 Å². The molecule has 4 rings (SSSR count). The highest BCUT2D eigenvalue weighted by Gasteiger charge is 2.31. The van der Waals surface area contributed by atoms with E-state index in [4.69, 9.17) is 4.74 Å². The molecule has 0 bridgehead atoms. The van der Waals surface area contributed by atoms with Gasteiger partial charge in [0.15, 0.2) is 0 Å². The van der Waals surface area contributed by atoms with Gasteiger partial charge in [0.05, 0.1) is 12.2 Å². The first kappa shape index (κ1) is 22.9. The Bertz CT molecular complexity index is 1130. The molecule has 0 aliphatic heterocycles. The van der Waals surface area contributed by atoms with E-state index in [1.807, 2.05) is 18.2 Å². The fourth-order valence-electron chi connectivity index (χ4n) is 4.07. The highest BCUT2D eigenvalue weighted by atomic mass is 32.1. The molecule has 3 aromatic rings. The van der Waals surface area contributed by atoms with Crippen molar-refractivity contribution in [3.63, 3.8) is 0 Å². The molecule has 0 saturated heterocycles. The molecular formula is C25H23F2NO4S. The Labute approximate surface area is 194 Å². The summed E-state index contributed by atoms with van der Waals surface area (Å²) in [4.78, 5) is 26.7. The quantitative estimate of drug-likeness (QED) is 0.426. The third-order valence-electron chi connectivity index (χ3n) is 5.58. The van der Waals surface area contributed by atoms with E-state index in [1.165, 1.54) is 41.2 Å². The maximum absolute atomic E-state index is 12.8. The SMILES string of the molecule is CCOC(=O)c1c(NC(=O)c2ccc(OC(F)F)cc2)sc2c1CC[C@@H](c1ccccc1)C2. The first-order valence-electron chi connectivity index (χ1n) is 10.7. The third kappa shape index (κ3) is 5.22. The summed E-state index contributed by atoms with van der Waals surface area (Å²) < 4.78 is 34.3. The Kier molecular flexibility index (Phi) is 7.03. The average molecular weight is 472 g/mol. The van der Waals surface area contributed by atoms with Crippen LogP contribution in [0.1, 0.15) is 56.0 Å². The van der Waals surface area contributed by atoms with Crippen molar-refractivity contribution in [3.8, 4) is 5.75 Å². The Morgan fingerprint density at radius 3 is 2.52 bits per heavy atom. The van der Waals surface area contributed by atoms with E-state index in [9.17, 15) is 18.4 Å². The van der Waals surface area contributed by atoms with Gasteiger partial charge >= 0.3 is 12.6 Å². The number of thiophene rings is 1. The van der Waals surface area contributed by atoms with Crippen LogP contribution >= 0.6 is 11.3 Å². The van der Waals surface area contributed by atoms with E-state index >= 15 is 0 Å². The number of fused-ring (bicyclic) bond motifs is 1. The molecule has 1 atom stereocenters. The summed E-state index contributed by atoms with van der Waals surface area (Å²) in [6.45, 7) is -0.965. The minimum Gasteiger partial charge on any atom is -0.462 e. The number of carbonyl (C=O) groups is 2. The largest absolute Gasteiger partial charge is 0.462 e. The molecule has 1 aliphatic carbocycles. The molecule has 1 aromatic heterocycles. The third-order valence-corrected chi connectivity index (χ3v) is 6.75. The maximum atomic E-state index is 12.8. The van der Waals surface area contributed by atoms with Crippen molar-refractivity contribution in [2.24, 2.45) is 0 Å². The monoisotopic (exact) mass is 471 g/mol. The van der Waals surface area contributed by atoms with Crippen LogP contribution < -0.4 is 10.1 Å². The fourth-order valence-corrected chi connectivity index (χ4v) is 5.38. The number of hydrogen-bond donors (Lipinski definition) is 1. The van der Waals surface area contributed by atoms with Gasteiger partial charge in [0, 0.05) is 10.4 Å². The van der Waals surface area contributed by atoms with Gasteiger partial charge in [0.2, 0.25) is 0 Å². The van der Waals surface area contributed by atoms with Crippen LogP contribution in [0.3, 0.4) is 0 Å². The molecule has 0 spiro atoms. The van der Waals surface area contributed by atoms with E-state index in [0.717, 1.165) is 29.7 Å². The predicted molar refractivity (Wildman–Crippen MR) is 123 cm³/mol. The number of amides is 1. The highest BCUT2D eigenvalue weighted by Crippen LogP contribution is 2.43. The molecule has 1 N–H and O–H groups in total. The standard InChI is InChI=1S/C25H23F2NO4S/c1-2-31-24(30)21-19-13-10-17(15-6-4-3-5-7-15)14-20(19)33-23(21)28-22(29)16-8-11-18(12-9-16)32-25(26)27/h3-9,11-12,17,25H,2,10,13-14H2,1H3,(H,28,29)/t17-/m1/s1. The summed E-state index contributed by atoms with van der Waals surface area (Å²) in [5.41, 5.74) is 2.86. The number of anilines is 1. The topological polar surface area (TPSA) is 64.6 Å². The molecular weight excluding hydrogens is 448 g/mol.